The van der Waals surface area contributed by atoms with Crippen molar-refractivity contribution in [3.05, 3.63) is 52.9 Å². The van der Waals surface area contributed by atoms with Crippen LogP contribution in [0.2, 0.25) is 5.02 Å². The van der Waals surface area contributed by atoms with Gasteiger partial charge in [-0.1, -0.05) is 23.7 Å². The van der Waals surface area contributed by atoms with Gasteiger partial charge in [-0.05, 0) is 30.3 Å². The fraction of sp³-hybridized carbons (Fsp3) is 0.0625. The Balaban J connectivity index is 2.02. The Kier molecular flexibility index (Phi) is 3.82. The molecule has 0 aliphatic heterocycles. The van der Waals surface area contributed by atoms with E-state index in [1.807, 2.05) is 41.8 Å². The average Bonchev–Trinajstić information content (AvgIpc) is 2.96. The lowest BCUT2D eigenvalue weighted by Gasteiger charge is -2.06. The summed E-state index contributed by atoms with van der Waals surface area (Å²) in [6.45, 7) is 0. The number of nitrogens with two attached hydrogens (primary N) is 1. The molecule has 0 radical (unpaired) electrons. The second-order valence-corrected chi connectivity index (χ2v) is 5.80. The number of halogens is 1. The third-order valence-electron chi connectivity index (χ3n) is 3.08. The van der Waals surface area contributed by atoms with Gasteiger partial charge < -0.3 is 10.5 Å². The summed E-state index contributed by atoms with van der Waals surface area (Å²) in [5.74, 6) is 0.718. The van der Waals surface area contributed by atoms with Crippen LogP contribution < -0.4 is 10.5 Å². The Bertz CT molecular complexity index is 785. The van der Waals surface area contributed by atoms with Gasteiger partial charge in [0.25, 0.3) is 0 Å². The Morgan fingerprint density at radius 2 is 2.05 bits per heavy atom. The van der Waals surface area contributed by atoms with Gasteiger partial charge in [-0.3, -0.25) is 0 Å². The van der Waals surface area contributed by atoms with Crippen molar-refractivity contribution in [1.29, 1.82) is 0 Å². The molecule has 2 aromatic carbocycles. The molecule has 0 aliphatic carbocycles. The molecule has 1 heterocycles. The van der Waals surface area contributed by atoms with E-state index in [-0.39, 0.29) is 0 Å². The first-order valence-corrected chi connectivity index (χ1v) is 7.58. The highest BCUT2D eigenvalue weighted by Gasteiger charge is 2.12. The molecule has 21 heavy (non-hydrogen) atoms. The number of thiazole rings is 1. The molecule has 3 aromatic rings. The number of hydrogen-bond donors (Lipinski definition) is 1. The van der Waals surface area contributed by atoms with Crippen molar-refractivity contribution >= 4 is 28.6 Å². The highest BCUT2D eigenvalue weighted by molar-refractivity contribution is 7.13. The third-order valence-corrected chi connectivity index (χ3v) is 4.19. The molecule has 0 atom stereocenters. The second-order valence-electron chi connectivity index (χ2n) is 4.51. The zero-order valence-electron chi connectivity index (χ0n) is 11.3. The summed E-state index contributed by atoms with van der Waals surface area (Å²) in [5, 5.41) is 3.54. The maximum Gasteiger partial charge on any atom is 0.130 e. The van der Waals surface area contributed by atoms with Gasteiger partial charge in [0.15, 0.2) is 0 Å². The molecular weight excluding hydrogens is 304 g/mol. The van der Waals surface area contributed by atoms with Crippen LogP contribution in [0.25, 0.3) is 21.8 Å². The van der Waals surface area contributed by atoms with Crippen molar-refractivity contribution in [2.75, 3.05) is 12.8 Å². The predicted molar refractivity (Wildman–Crippen MR) is 89.0 cm³/mol. The zero-order chi connectivity index (χ0) is 14.8. The zero-order valence-corrected chi connectivity index (χ0v) is 12.9. The van der Waals surface area contributed by atoms with Gasteiger partial charge in [0.2, 0.25) is 0 Å². The van der Waals surface area contributed by atoms with Crippen LogP contribution in [0.1, 0.15) is 0 Å². The van der Waals surface area contributed by atoms with Crippen LogP contribution in [0, 0.1) is 0 Å². The van der Waals surface area contributed by atoms with Gasteiger partial charge in [-0.15, -0.1) is 11.3 Å². The van der Waals surface area contributed by atoms with E-state index >= 15 is 0 Å². The molecule has 5 heteroatoms. The minimum atomic E-state index is 0.642. The monoisotopic (exact) mass is 316 g/mol. The standard InChI is InChI=1S/C16H13ClN2OS/c1-20-15-8-11(17)5-6-13(15)16-19-14(9-21-16)10-3-2-4-12(18)7-10/h2-9H,18H2,1H3. The fourth-order valence-electron chi connectivity index (χ4n) is 2.07. The first-order chi connectivity index (χ1) is 10.2. The first-order valence-electron chi connectivity index (χ1n) is 6.33. The third kappa shape index (κ3) is 2.86. The van der Waals surface area contributed by atoms with E-state index < -0.39 is 0 Å². The van der Waals surface area contributed by atoms with E-state index in [0.717, 1.165) is 33.3 Å². The summed E-state index contributed by atoms with van der Waals surface area (Å²) in [7, 11) is 1.63. The van der Waals surface area contributed by atoms with Crippen LogP contribution in [-0.2, 0) is 0 Å². The number of methoxy groups -OCH3 is 1. The van der Waals surface area contributed by atoms with Crippen molar-refractivity contribution in [3.63, 3.8) is 0 Å². The number of nitrogens with zero attached hydrogens (tertiary/aromatic N) is 1. The lowest BCUT2D eigenvalue weighted by Crippen LogP contribution is -1.88. The van der Waals surface area contributed by atoms with Crippen LogP contribution >= 0.6 is 22.9 Å². The molecule has 2 N–H and O–H groups in total. The topological polar surface area (TPSA) is 48.1 Å². The number of ether oxygens (including phenoxy) is 1. The summed E-state index contributed by atoms with van der Waals surface area (Å²) in [5.41, 5.74) is 9.38. The van der Waals surface area contributed by atoms with Crippen LogP contribution in [0.15, 0.2) is 47.8 Å². The van der Waals surface area contributed by atoms with Crippen LogP contribution in [-0.4, -0.2) is 12.1 Å². The smallest absolute Gasteiger partial charge is 0.130 e. The molecular formula is C16H13ClN2OS. The molecule has 0 amide bonds. The lowest BCUT2D eigenvalue weighted by molar-refractivity contribution is 0.416. The molecule has 106 valence electrons. The summed E-state index contributed by atoms with van der Waals surface area (Å²) in [6.07, 6.45) is 0. The Hall–Kier alpha value is -2.04. The molecule has 0 fully saturated rings. The SMILES string of the molecule is COc1cc(Cl)ccc1-c1nc(-c2cccc(N)c2)cs1. The predicted octanol–water partition coefficient (Wildman–Crippen LogP) is 4.72. The molecule has 3 rings (SSSR count). The molecule has 0 bridgehead atoms. The molecule has 1 aromatic heterocycles. The van der Waals surface area contributed by atoms with Crippen molar-refractivity contribution in [2.45, 2.75) is 0 Å². The number of benzene rings is 2. The van der Waals surface area contributed by atoms with E-state index in [4.69, 9.17) is 22.1 Å². The van der Waals surface area contributed by atoms with E-state index in [1.54, 1.807) is 24.5 Å². The van der Waals surface area contributed by atoms with Gasteiger partial charge in [-0.25, -0.2) is 4.98 Å². The summed E-state index contributed by atoms with van der Waals surface area (Å²) >= 11 is 7.55. The summed E-state index contributed by atoms with van der Waals surface area (Å²) in [4.78, 5) is 4.67. The van der Waals surface area contributed by atoms with Gasteiger partial charge in [0.1, 0.15) is 10.8 Å². The highest BCUT2D eigenvalue weighted by Crippen LogP contribution is 2.36. The molecule has 0 aliphatic rings. The maximum absolute atomic E-state index is 5.99. The van der Waals surface area contributed by atoms with Crippen molar-refractivity contribution < 1.29 is 4.74 Å². The average molecular weight is 317 g/mol. The van der Waals surface area contributed by atoms with Crippen molar-refractivity contribution in [3.8, 4) is 27.6 Å². The Morgan fingerprint density at radius 1 is 1.19 bits per heavy atom. The minimum Gasteiger partial charge on any atom is -0.496 e. The van der Waals surface area contributed by atoms with Crippen LogP contribution in [0.5, 0.6) is 5.75 Å². The van der Waals surface area contributed by atoms with Crippen LogP contribution in [0.4, 0.5) is 5.69 Å². The van der Waals surface area contributed by atoms with E-state index in [9.17, 15) is 0 Å². The number of nitrogen functional groups attached to an aromatic ring is 1. The Morgan fingerprint density at radius 3 is 2.81 bits per heavy atom. The van der Waals surface area contributed by atoms with E-state index in [0.29, 0.717) is 5.02 Å². The van der Waals surface area contributed by atoms with Crippen molar-refractivity contribution in [1.82, 2.24) is 4.98 Å². The Labute approximate surface area is 132 Å². The molecule has 0 spiro atoms. The van der Waals surface area contributed by atoms with E-state index in [1.165, 1.54) is 0 Å². The number of rotatable bonds is 3. The largest absolute Gasteiger partial charge is 0.496 e. The van der Waals surface area contributed by atoms with Gasteiger partial charge in [0.05, 0.1) is 18.4 Å². The molecule has 0 unspecified atom stereocenters. The van der Waals surface area contributed by atoms with Crippen LogP contribution in [0.3, 0.4) is 0 Å². The fourth-order valence-corrected chi connectivity index (χ4v) is 3.09. The van der Waals surface area contributed by atoms with Gasteiger partial charge in [-0.2, -0.15) is 0 Å². The molecule has 3 nitrogen and oxygen atoms in total. The van der Waals surface area contributed by atoms with E-state index in [2.05, 4.69) is 4.98 Å². The molecule has 0 saturated carbocycles. The minimum absolute atomic E-state index is 0.642. The summed E-state index contributed by atoms with van der Waals surface area (Å²) < 4.78 is 5.38. The van der Waals surface area contributed by atoms with Gasteiger partial charge in [0, 0.05) is 21.7 Å². The first kappa shape index (κ1) is 13.9. The van der Waals surface area contributed by atoms with Crippen molar-refractivity contribution in [2.24, 2.45) is 0 Å². The number of hydrogen-bond acceptors (Lipinski definition) is 4. The second kappa shape index (κ2) is 5.76. The number of anilines is 1. The normalized spacial score (nSPS) is 10.6. The quantitative estimate of drug-likeness (QED) is 0.711. The highest BCUT2D eigenvalue weighted by atomic mass is 35.5. The summed E-state index contributed by atoms with van der Waals surface area (Å²) in [6, 6.07) is 13.2. The molecule has 0 saturated heterocycles. The van der Waals surface area contributed by atoms with Gasteiger partial charge >= 0.3 is 0 Å². The number of aromatic nitrogens is 1. The lowest BCUT2D eigenvalue weighted by atomic mass is 10.1. The maximum atomic E-state index is 5.99.